The van der Waals surface area contributed by atoms with Gasteiger partial charge >= 0.3 is 0 Å². The maximum atomic E-state index is 13.1. The number of carbonyl (C=O) groups excluding carboxylic acids is 1. The first-order valence-corrected chi connectivity index (χ1v) is 9.19. The van der Waals surface area contributed by atoms with Crippen LogP contribution in [0, 0.1) is 19.8 Å². The maximum Gasteiger partial charge on any atom is 0.257 e. The zero-order valence-electron chi connectivity index (χ0n) is 15.1. The Kier molecular flexibility index (Phi) is 4.37. The molecule has 25 heavy (non-hydrogen) atoms. The van der Waals surface area contributed by atoms with Crippen molar-refractivity contribution in [2.75, 3.05) is 26.2 Å². The number of carbonyl (C=O) groups is 1. The van der Waals surface area contributed by atoms with Crippen LogP contribution in [0.1, 0.15) is 40.5 Å². The summed E-state index contributed by atoms with van der Waals surface area (Å²) >= 11 is 0. The average Bonchev–Trinajstić information content (AvgIpc) is 3.28. The molecule has 0 spiro atoms. The summed E-state index contributed by atoms with van der Waals surface area (Å²) in [4.78, 5) is 22.1. The smallest absolute Gasteiger partial charge is 0.257 e. The molecule has 0 aliphatic carbocycles. The molecule has 0 radical (unpaired) electrons. The molecular weight excluding hydrogens is 316 g/mol. The van der Waals surface area contributed by atoms with Gasteiger partial charge in [0.2, 0.25) is 0 Å². The van der Waals surface area contributed by atoms with Crippen LogP contribution in [0.15, 0.2) is 22.9 Å². The Balaban J connectivity index is 1.57. The van der Waals surface area contributed by atoms with E-state index in [1.54, 1.807) is 0 Å². The molecule has 2 aliphatic rings. The number of amides is 1. The minimum Gasteiger partial charge on any atom is -0.466 e. The number of rotatable bonds is 3. The van der Waals surface area contributed by atoms with Crippen LogP contribution in [0.25, 0.3) is 0 Å². The standard InChI is InChI=1S/C19H26N4O2/c1-14-9-17(15(2)25-14)19(24)23-12-16(10-21-6-3-4-7-21)11-22-8-5-20-18(22)13-23/h5,8-9,16H,3-4,6-7,10-13H2,1-2H3. The lowest BCUT2D eigenvalue weighted by molar-refractivity contribution is 0.0705. The van der Waals surface area contributed by atoms with Crippen LogP contribution >= 0.6 is 0 Å². The molecule has 134 valence electrons. The molecule has 1 atom stereocenters. The van der Waals surface area contributed by atoms with Crippen molar-refractivity contribution in [3.63, 3.8) is 0 Å². The highest BCUT2D eigenvalue weighted by molar-refractivity contribution is 5.95. The Hall–Kier alpha value is -2.08. The first-order chi connectivity index (χ1) is 12.1. The van der Waals surface area contributed by atoms with E-state index in [1.807, 2.05) is 37.2 Å². The van der Waals surface area contributed by atoms with Crippen molar-refractivity contribution < 1.29 is 9.21 Å². The Labute approximate surface area is 148 Å². The van der Waals surface area contributed by atoms with Crippen LogP contribution in [-0.4, -0.2) is 51.4 Å². The highest BCUT2D eigenvalue weighted by Gasteiger charge is 2.29. The number of fused-ring (bicyclic) bond motifs is 1. The second-order valence-corrected chi connectivity index (χ2v) is 7.38. The fourth-order valence-corrected chi connectivity index (χ4v) is 4.15. The maximum absolute atomic E-state index is 13.1. The quantitative estimate of drug-likeness (QED) is 0.860. The van der Waals surface area contributed by atoms with Crippen molar-refractivity contribution >= 4 is 5.91 Å². The number of furan rings is 1. The van der Waals surface area contributed by atoms with Crippen molar-refractivity contribution in [1.29, 1.82) is 0 Å². The molecule has 0 bridgehead atoms. The van der Waals surface area contributed by atoms with Crippen molar-refractivity contribution in [2.24, 2.45) is 5.92 Å². The first kappa shape index (κ1) is 16.4. The normalized spacial score (nSPS) is 21.4. The fourth-order valence-electron chi connectivity index (χ4n) is 4.15. The molecule has 4 rings (SSSR count). The molecule has 6 nitrogen and oxygen atoms in total. The van der Waals surface area contributed by atoms with Gasteiger partial charge in [-0.3, -0.25) is 4.79 Å². The van der Waals surface area contributed by atoms with E-state index >= 15 is 0 Å². The molecule has 1 saturated heterocycles. The Bertz CT molecular complexity index is 757. The number of imidazole rings is 1. The van der Waals surface area contributed by atoms with Gasteiger partial charge in [0.25, 0.3) is 5.91 Å². The van der Waals surface area contributed by atoms with Gasteiger partial charge in [-0.25, -0.2) is 4.98 Å². The van der Waals surface area contributed by atoms with E-state index in [2.05, 4.69) is 14.5 Å². The second kappa shape index (κ2) is 6.67. The van der Waals surface area contributed by atoms with E-state index in [9.17, 15) is 4.79 Å². The predicted octanol–water partition coefficient (Wildman–Crippen LogP) is 2.46. The summed E-state index contributed by atoms with van der Waals surface area (Å²) in [5, 5.41) is 0. The van der Waals surface area contributed by atoms with Crippen LogP contribution in [0.5, 0.6) is 0 Å². The lowest BCUT2D eigenvalue weighted by atomic mass is 10.1. The SMILES string of the molecule is Cc1cc(C(=O)N2Cc3nccn3CC(CN3CCCC3)C2)c(C)o1. The molecule has 4 heterocycles. The molecule has 2 aliphatic heterocycles. The molecule has 2 aromatic heterocycles. The number of nitrogens with zero attached hydrogens (tertiary/aromatic N) is 4. The van der Waals surface area contributed by atoms with Gasteiger partial charge in [0.1, 0.15) is 17.3 Å². The van der Waals surface area contributed by atoms with E-state index in [4.69, 9.17) is 4.42 Å². The fraction of sp³-hybridized carbons (Fsp3) is 0.579. The zero-order valence-corrected chi connectivity index (χ0v) is 15.1. The number of hydrogen-bond donors (Lipinski definition) is 0. The van der Waals surface area contributed by atoms with E-state index in [0.29, 0.717) is 23.8 Å². The third-order valence-corrected chi connectivity index (χ3v) is 5.34. The van der Waals surface area contributed by atoms with Gasteiger partial charge in [-0.05, 0) is 45.8 Å². The summed E-state index contributed by atoms with van der Waals surface area (Å²) in [7, 11) is 0. The number of aromatic nitrogens is 2. The van der Waals surface area contributed by atoms with Gasteiger partial charge < -0.3 is 18.8 Å². The largest absolute Gasteiger partial charge is 0.466 e. The monoisotopic (exact) mass is 342 g/mol. The van der Waals surface area contributed by atoms with E-state index in [0.717, 1.165) is 31.2 Å². The second-order valence-electron chi connectivity index (χ2n) is 7.38. The molecule has 1 fully saturated rings. The van der Waals surface area contributed by atoms with E-state index in [-0.39, 0.29) is 5.91 Å². The third kappa shape index (κ3) is 3.35. The van der Waals surface area contributed by atoms with Gasteiger partial charge in [-0.2, -0.15) is 0 Å². The molecule has 0 N–H and O–H groups in total. The molecule has 6 heteroatoms. The zero-order chi connectivity index (χ0) is 17.4. The minimum atomic E-state index is 0.0530. The molecule has 0 saturated carbocycles. The molecule has 2 aromatic rings. The number of hydrogen-bond acceptors (Lipinski definition) is 4. The van der Waals surface area contributed by atoms with Crippen LogP contribution in [-0.2, 0) is 13.1 Å². The van der Waals surface area contributed by atoms with E-state index < -0.39 is 0 Å². The van der Waals surface area contributed by atoms with Crippen molar-refractivity contribution in [3.8, 4) is 0 Å². The van der Waals surface area contributed by atoms with Crippen LogP contribution in [0.3, 0.4) is 0 Å². The summed E-state index contributed by atoms with van der Waals surface area (Å²) in [5.74, 6) is 2.93. The summed E-state index contributed by atoms with van der Waals surface area (Å²) in [6.07, 6.45) is 6.45. The summed E-state index contributed by atoms with van der Waals surface area (Å²) < 4.78 is 7.78. The minimum absolute atomic E-state index is 0.0530. The summed E-state index contributed by atoms with van der Waals surface area (Å²) in [6, 6.07) is 1.85. The van der Waals surface area contributed by atoms with Gasteiger partial charge in [-0.15, -0.1) is 0 Å². The Morgan fingerprint density at radius 2 is 2.08 bits per heavy atom. The Morgan fingerprint density at radius 3 is 2.80 bits per heavy atom. The van der Waals surface area contributed by atoms with Gasteiger partial charge in [0.05, 0.1) is 12.1 Å². The van der Waals surface area contributed by atoms with Crippen molar-refractivity contribution in [1.82, 2.24) is 19.4 Å². The van der Waals surface area contributed by atoms with E-state index in [1.165, 1.54) is 25.9 Å². The predicted molar refractivity (Wildman–Crippen MR) is 94.3 cm³/mol. The average molecular weight is 342 g/mol. The van der Waals surface area contributed by atoms with Crippen molar-refractivity contribution in [3.05, 3.63) is 41.4 Å². The Morgan fingerprint density at radius 1 is 1.28 bits per heavy atom. The number of aryl methyl sites for hydroxylation is 2. The highest BCUT2D eigenvalue weighted by Crippen LogP contribution is 2.22. The van der Waals surface area contributed by atoms with Crippen LogP contribution in [0.2, 0.25) is 0 Å². The van der Waals surface area contributed by atoms with Crippen LogP contribution in [0.4, 0.5) is 0 Å². The lowest BCUT2D eigenvalue weighted by Gasteiger charge is -2.27. The lowest BCUT2D eigenvalue weighted by Crippen LogP contribution is -2.38. The summed E-state index contributed by atoms with van der Waals surface area (Å²) in [5.41, 5.74) is 0.678. The third-order valence-electron chi connectivity index (χ3n) is 5.34. The topological polar surface area (TPSA) is 54.5 Å². The molecule has 0 aromatic carbocycles. The molecule has 1 unspecified atom stereocenters. The molecule has 1 amide bonds. The highest BCUT2D eigenvalue weighted by atomic mass is 16.3. The van der Waals surface area contributed by atoms with Gasteiger partial charge in [0.15, 0.2) is 0 Å². The first-order valence-electron chi connectivity index (χ1n) is 9.19. The van der Waals surface area contributed by atoms with Crippen molar-refractivity contribution in [2.45, 2.75) is 39.8 Å². The number of likely N-dealkylation sites (tertiary alicyclic amines) is 1. The van der Waals surface area contributed by atoms with Crippen LogP contribution < -0.4 is 0 Å². The summed E-state index contributed by atoms with van der Waals surface area (Å²) in [6.45, 7) is 9.41. The van der Waals surface area contributed by atoms with Gasteiger partial charge in [-0.1, -0.05) is 0 Å². The van der Waals surface area contributed by atoms with Gasteiger partial charge in [0, 0.05) is 37.9 Å². The molecular formula is C19H26N4O2.